The molecule has 0 unspecified atom stereocenters. The molecule has 2 N–H and O–H groups in total. The molecule has 9 nitrogen and oxygen atoms in total. The van der Waals surface area contributed by atoms with Gasteiger partial charge in [-0.05, 0) is 24.6 Å². The van der Waals surface area contributed by atoms with E-state index < -0.39 is 0 Å². The summed E-state index contributed by atoms with van der Waals surface area (Å²) < 4.78 is 10.8. The molecule has 0 aliphatic heterocycles. The summed E-state index contributed by atoms with van der Waals surface area (Å²) in [5.41, 5.74) is 1.78. The summed E-state index contributed by atoms with van der Waals surface area (Å²) in [4.78, 5) is 20.3. The normalized spacial score (nSPS) is 10.5. The second-order valence-corrected chi connectivity index (χ2v) is 8.13. The third-order valence-corrected chi connectivity index (χ3v) is 5.97. The van der Waals surface area contributed by atoms with E-state index in [1.807, 2.05) is 25.1 Å². The maximum Gasteiger partial charge on any atom is 0.237 e. The number of amides is 1. The van der Waals surface area contributed by atoms with Gasteiger partial charge in [-0.15, -0.1) is 10.2 Å². The number of carbonyl (C=O) groups excluding carboxylic acids is 1. The van der Waals surface area contributed by atoms with E-state index >= 15 is 0 Å². The van der Waals surface area contributed by atoms with Crippen molar-refractivity contribution < 1.29 is 14.3 Å². The zero-order valence-corrected chi connectivity index (χ0v) is 18.1. The SMILES string of the molecule is COc1cc(OC)nc(NC(=O)CSc2nnc(Nc3cccc(Cl)c3C)s2)n1. The molecule has 3 aromatic rings. The summed E-state index contributed by atoms with van der Waals surface area (Å²) in [7, 11) is 2.93. The molecule has 12 heteroatoms. The second-order valence-electron chi connectivity index (χ2n) is 5.52. The van der Waals surface area contributed by atoms with Gasteiger partial charge in [-0.2, -0.15) is 9.97 Å². The van der Waals surface area contributed by atoms with Crippen molar-refractivity contribution in [2.75, 3.05) is 30.6 Å². The van der Waals surface area contributed by atoms with Crippen LogP contribution in [0, 0.1) is 6.92 Å². The van der Waals surface area contributed by atoms with Gasteiger partial charge in [0.15, 0.2) is 4.34 Å². The largest absolute Gasteiger partial charge is 0.481 e. The topological polar surface area (TPSA) is 111 Å². The summed E-state index contributed by atoms with van der Waals surface area (Å²) in [6, 6.07) is 7.10. The van der Waals surface area contributed by atoms with Gasteiger partial charge in [0.2, 0.25) is 28.7 Å². The van der Waals surface area contributed by atoms with Crippen LogP contribution in [0.3, 0.4) is 0 Å². The highest BCUT2D eigenvalue weighted by molar-refractivity contribution is 8.01. The Kier molecular flexibility index (Phi) is 7.07. The fraction of sp³-hybridized carbons (Fsp3) is 0.235. The van der Waals surface area contributed by atoms with Crippen molar-refractivity contribution >= 4 is 57.4 Å². The Labute approximate surface area is 180 Å². The summed E-state index contributed by atoms with van der Waals surface area (Å²) in [5.74, 6) is 0.503. The summed E-state index contributed by atoms with van der Waals surface area (Å²) in [6.07, 6.45) is 0. The molecule has 29 heavy (non-hydrogen) atoms. The number of carbonyl (C=O) groups is 1. The summed E-state index contributed by atoms with van der Waals surface area (Å²) in [5, 5.41) is 15.2. The van der Waals surface area contributed by atoms with Crippen LogP contribution in [0.2, 0.25) is 5.02 Å². The first-order valence-corrected chi connectivity index (χ1v) is 10.4. The fourth-order valence-electron chi connectivity index (χ4n) is 2.13. The number of rotatable bonds is 8. The number of anilines is 3. The molecule has 152 valence electrons. The van der Waals surface area contributed by atoms with Crippen LogP contribution in [-0.4, -0.2) is 46.0 Å². The van der Waals surface area contributed by atoms with Crippen molar-refractivity contribution in [2.24, 2.45) is 0 Å². The van der Waals surface area contributed by atoms with Crippen LogP contribution < -0.4 is 20.1 Å². The number of thioether (sulfide) groups is 1. The highest BCUT2D eigenvalue weighted by Gasteiger charge is 2.12. The van der Waals surface area contributed by atoms with Crippen molar-refractivity contribution in [2.45, 2.75) is 11.3 Å². The first-order valence-electron chi connectivity index (χ1n) is 8.24. The molecule has 3 rings (SSSR count). The van der Waals surface area contributed by atoms with Crippen LogP contribution >= 0.6 is 34.7 Å². The van der Waals surface area contributed by atoms with Gasteiger partial charge in [-0.25, -0.2) is 0 Å². The average molecular weight is 453 g/mol. The lowest BCUT2D eigenvalue weighted by atomic mass is 10.2. The van der Waals surface area contributed by atoms with E-state index in [1.54, 1.807) is 0 Å². The molecule has 0 saturated carbocycles. The molecule has 0 aliphatic rings. The smallest absolute Gasteiger partial charge is 0.237 e. The van der Waals surface area contributed by atoms with Crippen molar-refractivity contribution in [1.29, 1.82) is 0 Å². The molecular formula is C17H17ClN6O3S2. The number of halogens is 1. The van der Waals surface area contributed by atoms with Gasteiger partial charge in [0.25, 0.3) is 0 Å². The third-order valence-electron chi connectivity index (χ3n) is 3.59. The predicted octanol–water partition coefficient (Wildman–Crippen LogP) is 3.78. The Bertz CT molecular complexity index is 994. The minimum absolute atomic E-state index is 0.0999. The number of hydrogen-bond donors (Lipinski definition) is 2. The molecule has 0 fully saturated rings. The number of benzene rings is 1. The highest BCUT2D eigenvalue weighted by atomic mass is 35.5. The molecule has 1 amide bonds. The second kappa shape index (κ2) is 9.72. The van der Waals surface area contributed by atoms with E-state index in [-0.39, 0.29) is 29.4 Å². The number of hydrogen-bond acceptors (Lipinski definition) is 10. The molecule has 0 bridgehead atoms. The van der Waals surface area contributed by atoms with Gasteiger partial charge >= 0.3 is 0 Å². The third kappa shape index (κ3) is 5.68. The van der Waals surface area contributed by atoms with E-state index in [2.05, 4.69) is 30.8 Å². The maximum absolute atomic E-state index is 12.2. The predicted molar refractivity (Wildman–Crippen MR) is 114 cm³/mol. The van der Waals surface area contributed by atoms with Crippen molar-refractivity contribution in [1.82, 2.24) is 20.2 Å². The molecule has 0 saturated heterocycles. The van der Waals surface area contributed by atoms with Crippen LogP contribution in [-0.2, 0) is 4.79 Å². The van der Waals surface area contributed by atoms with E-state index in [9.17, 15) is 4.79 Å². The zero-order valence-electron chi connectivity index (χ0n) is 15.7. The van der Waals surface area contributed by atoms with E-state index in [0.29, 0.717) is 14.5 Å². The number of nitrogens with zero attached hydrogens (tertiary/aromatic N) is 4. The van der Waals surface area contributed by atoms with Crippen LogP contribution in [0.4, 0.5) is 16.8 Å². The Hall–Kier alpha value is -2.63. The molecule has 2 aromatic heterocycles. The first-order chi connectivity index (χ1) is 14.0. The lowest BCUT2D eigenvalue weighted by Crippen LogP contribution is -2.16. The van der Waals surface area contributed by atoms with E-state index in [4.69, 9.17) is 21.1 Å². The Morgan fingerprint density at radius 1 is 1.21 bits per heavy atom. The molecule has 0 radical (unpaired) electrons. The van der Waals surface area contributed by atoms with Gasteiger partial charge in [0.05, 0.1) is 26.0 Å². The minimum Gasteiger partial charge on any atom is -0.481 e. The van der Waals surface area contributed by atoms with Gasteiger partial charge in [0, 0.05) is 10.7 Å². The van der Waals surface area contributed by atoms with E-state index in [0.717, 1.165) is 11.3 Å². The van der Waals surface area contributed by atoms with Crippen LogP contribution in [0.5, 0.6) is 11.8 Å². The Morgan fingerprint density at radius 3 is 2.62 bits per heavy atom. The van der Waals surface area contributed by atoms with Crippen LogP contribution in [0.15, 0.2) is 28.6 Å². The number of ether oxygens (including phenoxy) is 2. The van der Waals surface area contributed by atoms with Gasteiger partial charge in [0.1, 0.15) is 0 Å². The van der Waals surface area contributed by atoms with Crippen LogP contribution in [0.25, 0.3) is 0 Å². The van der Waals surface area contributed by atoms with Crippen molar-refractivity contribution in [3.05, 3.63) is 34.9 Å². The Morgan fingerprint density at radius 2 is 1.93 bits per heavy atom. The van der Waals surface area contributed by atoms with Gasteiger partial charge < -0.3 is 14.8 Å². The lowest BCUT2D eigenvalue weighted by molar-refractivity contribution is -0.113. The minimum atomic E-state index is -0.291. The Balaban J connectivity index is 1.57. The molecular weight excluding hydrogens is 436 g/mol. The zero-order chi connectivity index (χ0) is 20.8. The highest BCUT2D eigenvalue weighted by Crippen LogP contribution is 2.30. The van der Waals surface area contributed by atoms with E-state index in [1.165, 1.54) is 43.4 Å². The quantitative estimate of drug-likeness (QED) is 0.493. The first kappa shape index (κ1) is 21.1. The molecule has 0 atom stereocenters. The lowest BCUT2D eigenvalue weighted by Gasteiger charge is -2.07. The van der Waals surface area contributed by atoms with Crippen LogP contribution in [0.1, 0.15) is 5.56 Å². The number of nitrogens with one attached hydrogen (secondary N) is 2. The van der Waals surface area contributed by atoms with Gasteiger partial charge in [-0.3, -0.25) is 10.1 Å². The number of methoxy groups -OCH3 is 2. The van der Waals surface area contributed by atoms with Gasteiger partial charge in [-0.1, -0.05) is 40.8 Å². The van der Waals surface area contributed by atoms with Crippen molar-refractivity contribution in [3.8, 4) is 11.8 Å². The summed E-state index contributed by atoms with van der Waals surface area (Å²) in [6.45, 7) is 1.92. The number of aromatic nitrogens is 4. The fourth-order valence-corrected chi connectivity index (χ4v) is 3.87. The van der Waals surface area contributed by atoms with Crippen molar-refractivity contribution in [3.63, 3.8) is 0 Å². The maximum atomic E-state index is 12.2. The molecule has 0 aliphatic carbocycles. The average Bonchev–Trinajstić information content (AvgIpc) is 3.17. The molecule has 1 aromatic carbocycles. The summed E-state index contributed by atoms with van der Waals surface area (Å²) >= 11 is 8.72. The monoisotopic (exact) mass is 452 g/mol. The molecule has 2 heterocycles. The standard InChI is InChI=1S/C17H17ClN6O3S2/c1-9-10(18)5-4-6-11(9)19-16-23-24-17(29-16)28-8-12(25)20-15-21-13(26-2)7-14(22-15)27-3/h4-7H,8H2,1-3H3,(H,19,23)(H,20,21,22,25). The molecule has 0 spiro atoms.